The van der Waals surface area contributed by atoms with Crippen LogP contribution in [0.15, 0.2) is 42.5 Å². The minimum absolute atomic E-state index is 0.149. The third kappa shape index (κ3) is 4.56. The summed E-state index contributed by atoms with van der Waals surface area (Å²) in [6.45, 7) is 5.55. The molecular formula is C29H31FN4O4. The topological polar surface area (TPSA) is 88.7 Å². The van der Waals surface area contributed by atoms with Crippen molar-refractivity contribution in [3.63, 3.8) is 0 Å². The van der Waals surface area contributed by atoms with Gasteiger partial charge in [-0.2, -0.15) is 0 Å². The van der Waals surface area contributed by atoms with E-state index >= 15 is 0 Å². The predicted molar refractivity (Wildman–Crippen MR) is 142 cm³/mol. The van der Waals surface area contributed by atoms with E-state index in [0.717, 1.165) is 44.3 Å². The molecule has 4 heterocycles. The molecule has 1 saturated heterocycles. The Balaban J connectivity index is 1.31. The molecule has 6 rings (SSSR count). The molecule has 0 saturated carbocycles. The minimum Gasteiger partial charge on any atom is -0.494 e. The second-order valence-corrected chi connectivity index (χ2v) is 10.4. The average molecular weight is 519 g/mol. The summed E-state index contributed by atoms with van der Waals surface area (Å²) in [7, 11) is 1.45. The van der Waals surface area contributed by atoms with Crippen molar-refractivity contribution in [1.29, 1.82) is 0 Å². The van der Waals surface area contributed by atoms with Crippen molar-refractivity contribution in [1.82, 2.24) is 20.2 Å². The van der Waals surface area contributed by atoms with Crippen LogP contribution in [0.5, 0.6) is 5.75 Å². The van der Waals surface area contributed by atoms with Crippen LogP contribution in [-0.2, 0) is 28.9 Å². The summed E-state index contributed by atoms with van der Waals surface area (Å²) in [6, 6.07) is 13.0. The maximum absolute atomic E-state index is 14.5. The van der Waals surface area contributed by atoms with Crippen LogP contribution in [0, 0.1) is 5.82 Å². The zero-order chi connectivity index (χ0) is 26.4. The fourth-order valence-corrected chi connectivity index (χ4v) is 5.50. The van der Waals surface area contributed by atoms with Crippen LogP contribution in [0.3, 0.4) is 0 Å². The summed E-state index contributed by atoms with van der Waals surface area (Å²) in [5, 5.41) is 5.25. The zero-order valence-corrected chi connectivity index (χ0v) is 21.8. The Labute approximate surface area is 220 Å². The second kappa shape index (κ2) is 9.56. The first kappa shape index (κ1) is 24.6. The Hall–Kier alpha value is -3.69. The number of para-hydroxylation sites is 1. The van der Waals surface area contributed by atoms with Crippen LogP contribution in [-0.4, -0.2) is 59.6 Å². The third-order valence-electron chi connectivity index (χ3n) is 7.31. The molecule has 1 atom stereocenters. The molecule has 38 heavy (non-hydrogen) atoms. The van der Waals surface area contributed by atoms with Gasteiger partial charge in [-0.3, -0.25) is 4.98 Å². The number of pyridine rings is 1. The van der Waals surface area contributed by atoms with Crippen LogP contribution >= 0.6 is 0 Å². The van der Waals surface area contributed by atoms with E-state index in [1.807, 2.05) is 32.0 Å². The Bertz CT molecular complexity index is 1530. The van der Waals surface area contributed by atoms with Crippen LogP contribution in [0.2, 0.25) is 0 Å². The second-order valence-electron chi connectivity index (χ2n) is 10.4. The number of benzene rings is 2. The maximum Gasteiger partial charge on any atom is 0.317 e. The first-order valence-corrected chi connectivity index (χ1v) is 12.9. The van der Waals surface area contributed by atoms with Gasteiger partial charge in [0.2, 0.25) is 0 Å². The highest BCUT2D eigenvalue weighted by atomic mass is 19.1. The molecule has 0 bridgehead atoms. The van der Waals surface area contributed by atoms with Crippen molar-refractivity contribution in [3.8, 4) is 5.75 Å². The number of amides is 2. The predicted octanol–water partition coefficient (Wildman–Crippen LogP) is 4.67. The minimum atomic E-state index is -0.628. The largest absolute Gasteiger partial charge is 0.494 e. The van der Waals surface area contributed by atoms with Gasteiger partial charge in [-0.05, 0) is 49.6 Å². The molecule has 0 aliphatic carbocycles. The number of ether oxygens (including phenoxy) is 3. The first-order valence-electron chi connectivity index (χ1n) is 12.9. The number of rotatable bonds is 5. The van der Waals surface area contributed by atoms with E-state index in [2.05, 4.69) is 22.4 Å². The van der Waals surface area contributed by atoms with Crippen LogP contribution in [0.4, 0.5) is 9.18 Å². The number of nitrogens with zero attached hydrogens (tertiary/aromatic N) is 2. The van der Waals surface area contributed by atoms with E-state index in [-0.39, 0.29) is 17.9 Å². The Morgan fingerprint density at radius 2 is 2.13 bits per heavy atom. The molecule has 1 fully saturated rings. The smallest absolute Gasteiger partial charge is 0.317 e. The Kier molecular flexibility index (Phi) is 6.20. The van der Waals surface area contributed by atoms with E-state index in [9.17, 15) is 9.18 Å². The van der Waals surface area contributed by atoms with Crippen molar-refractivity contribution in [2.24, 2.45) is 0 Å². The maximum atomic E-state index is 14.5. The molecule has 0 spiro atoms. The molecule has 2 aromatic heterocycles. The van der Waals surface area contributed by atoms with Gasteiger partial charge in [0.15, 0.2) is 17.4 Å². The molecule has 9 heteroatoms. The number of aromatic amines is 1. The SMILES string of the molecule is COc1ccc(Cc2nc3c(c4c2[nH]c2ccccc24)CCN(C(=O)NCC2COC(C)(C)O2)C3)cc1F. The highest BCUT2D eigenvalue weighted by Crippen LogP contribution is 2.35. The quantitative estimate of drug-likeness (QED) is 0.401. The van der Waals surface area contributed by atoms with Crippen LogP contribution in [0.1, 0.15) is 36.4 Å². The van der Waals surface area contributed by atoms with E-state index in [0.29, 0.717) is 39.1 Å². The van der Waals surface area contributed by atoms with Gasteiger partial charge in [0.05, 0.1) is 37.2 Å². The standard InChI is InChI=1S/C29H31FN4O4/c1-29(2)37-16-18(38-29)14-31-28(35)34-11-10-20-24(15-34)32-23(13-17-8-9-25(36-3)21(30)12-17)27-26(20)19-6-4-5-7-22(19)33-27/h4-9,12,18,33H,10-11,13-16H2,1-3H3,(H,31,35). The van der Waals surface area contributed by atoms with Crippen LogP contribution < -0.4 is 10.1 Å². The molecular weight excluding hydrogens is 487 g/mol. The number of aromatic nitrogens is 2. The molecule has 2 aliphatic heterocycles. The van der Waals surface area contributed by atoms with Crippen molar-refractivity contribution < 1.29 is 23.4 Å². The lowest BCUT2D eigenvalue weighted by Crippen LogP contribution is -2.45. The summed E-state index contributed by atoms with van der Waals surface area (Å²) in [6.07, 6.45) is 0.964. The lowest BCUT2D eigenvalue weighted by atomic mass is 9.96. The number of hydrogen-bond donors (Lipinski definition) is 2. The summed E-state index contributed by atoms with van der Waals surface area (Å²) in [5.74, 6) is -0.821. The number of urea groups is 1. The fourth-order valence-electron chi connectivity index (χ4n) is 5.50. The van der Waals surface area contributed by atoms with E-state index in [4.69, 9.17) is 19.2 Å². The Morgan fingerprint density at radius 1 is 1.29 bits per heavy atom. The van der Waals surface area contributed by atoms with Gasteiger partial charge in [-0.1, -0.05) is 24.3 Å². The van der Waals surface area contributed by atoms with Gasteiger partial charge in [0.25, 0.3) is 0 Å². The normalized spacial score (nSPS) is 18.6. The highest BCUT2D eigenvalue weighted by Gasteiger charge is 2.33. The lowest BCUT2D eigenvalue weighted by Gasteiger charge is -2.29. The number of H-pyrrole nitrogens is 1. The molecule has 8 nitrogen and oxygen atoms in total. The molecule has 198 valence electrons. The summed E-state index contributed by atoms with van der Waals surface area (Å²) in [5.41, 5.74) is 5.62. The number of carbonyl (C=O) groups excluding carboxylic acids is 1. The zero-order valence-electron chi connectivity index (χ0n) is 21.8. The van der Waals surface area contributed by atoms with Crippen molar-refractivity contribution in [3.05, 3.63) is 70.8 Å². The number of methoxy groups -OCH3 is 1. The highest BCUT2D eigenvalue weighted by molar-refractivity contribution is 6.10. The summed E-state index contributed by atoms with van der Waals surface area (Å²) < 4.78 is 30.9. The van der Waals surface area contributed by atoms with Crippen molar-refractivity contribution in [2.75, 3.05) is 26.8 Å². The third-order valence-corrected chi connectivity index (χ3v) is 7.31. The molecule has 2 aliphatic rings. The lowest BCUT2D eigenvalue weighted by molar-refractivity contribution is -0.137. The summed E-state index contributed by atoms with van der Waals surface area (Å²) >= 11 is 0. The van der Waals surface area contributed by atoms with Crippen molar-refractivity contribution >= 4 is 27.8 Å². The molecule has 0 radical (unpaired) electrons. The number of hydrogen-bond acceptors (Lipinski definition) is 5. The molecule has 4 aromatic rings. The van der Waals surface area contributed by atoms with Gasteiger partial charge >= 0.3 is 6.03 Å². The molecule has 2 aromatic carbocycles. The molecule has 2 amide bonds. The van der Waals surface area contributed by atoms with Gasteiger partial charge in [0, 0.05) is 35.8 Å². The molecule has 2 N–H and O–H groups in total. The fraction of sp³-hybridized carbons (Fsp3) is 0.379. The van der Waals surface area contributed by atoms with Gasteiger partial charge < -0.3 is 29.4 Å². The summed E-state index contributed by atoms with van der Waals surface area (Å²) in [4.78, 5) is 23.4. The van der Waals surface area contributed by atoms with Gasteiger partial charge in [-0.15, -0.1) is 0 Å². The number of carbonyl (C=O) groups is 1. The van der Waals surface area contributed by atoms with Crippen LogP contribution in [0.25, 0.3) is 21.8 Å². The van der Waals surface area contributed by atoms with Gasteiger partial charge in [0.1, 0.15) is 6.10 Å². The van der Waals surface area contributed by atoms with Gasteiger partial charge in [-0.25, -0.2) is 9.18 Å². The average Bonchev–Trinajstić information content (AvgIpc) is 3.47. The van der Waals surface area contributed by atoms with E-state index in [1.165, 1.54) is 13.2 Å². The molecule has 1 unspecified atom stereocenters. The number of nitrogens with one attached hydrogen (secondary N) is 2. The number of fused-ring (bicyclic) bond motifs is 5. The Morgan fingerprint density at radius 3 is 2.89 bits per heavy atom. The van der Waals surface area contributed by atoms with Crippen molar-refractivity contribution in [2.45, 2.75) is 45.1 Å². The monoisotopic (exact) mass is 518 g/mol. The van der Waals surface area contributed by atoms with E-state index in [1.54, 1.807) is 11.0 Å². The number of halogens is 1. The first-order chi connectivity index (χ1) is 18.3. The van der Waals surface area contributed by atoms with E-state index < -0.39 is 11.6 Å².